The second-order valence-electron chi connectivity index (χ2n) is 5.90. The molecule has 6 nitrogen and oxygen atoms in total. The topological polar surface area (TPSA) is 80.3 Å². The van der Waals surface area contributed by atoms with Crippen LogP contribution >= 0.6 is 0 Å². The van der Waals surface area contributed by atoms with Crippen molar-refractivity contribution in [2.45, 2.75) is 6.54 Å². The van der Waals surface area contributed by atoms with Gasteiger partial charge in [-0.05, 0) is 42.5 Å². The highest BCUT2D eigenvalue weighted by atomic mass is 19.1. The molecule has 0 aliphatic rings. The Balaban J connectivity index is 1.59. The number of benzene rings is 2. The Morgan fingerprint density at radius 2 is 1.71 bits per heavy atom. The summed E-state index contributed by atoms with van der Waals surface area (Å²) in [5.41, 5.74) is 1.96. The van der Waals surface area contributed by atoms with Crippen molar-refractivity contribution in [3.05, 3.63) is 89.4 Å². The van der Waals surface area contributed by atoms with Crippen LogP contribution in [-0.2, 0) is 11.3 Å². The molecular formula is C21H18FN3O3. The van der Waals surface area contributed by atoms with Crippen molar-refractivity contribution in [1.29, 1.82) is 0 Å². The summed E-state index contributed by atoms with van der Waals surface area (Å²) in [4.78, 5) is 27.8. The molecular weight excluding hydrogens is 361 g/mol. The second-order valence-corrected chi connectivity index (χ2v) is 5.90. The summed E-state index contributed by atoms with van der Waals surface area (Å²) in [6, 6.07) is 16.3. The van der Waals surface area contributed by atoms with Crippen LogP contribution in [0.3, 0.4) is 0 Å². The molecule has 3 aromatic rings. The molecule has 0 bridgehead atoms. The molecule has 0 fully saturated rings. The molecule has 1 heterocycles. The molecule has 0 saturated carbocycles. The summed E-state index contributed by atoms with van der Waals surface area (Å²) in [6.07, 6.45) is 1.43. The quantitative estimate of drug-likeness (QED) is 0.639. The third-order valence-corrected chi connectivity index (χ3v) is 4.00. The van der Waals surface area contributed by atoms with Crippen LogP contribution in [0, 0.1) is 5.82 Å². The Bertz CT molecular complexity index is 973. The molecule has 0 atom stereocenters. The number of ether oxygens (including phenoxy) is 1. The van der Waals surface area contributed by atoms with Crippen molar-refractivity contribution in [1.82, 2.24) is 10.3 Å². The molecule has 28 heavy (non-hydrogen) atoms. The molecule has 0 saturated heterocycles. The van der Waals surface area contributed by atoms with Crippen LogP contribution in [0.1, 0.15) is 26.3 Å². The number of hydrogen-bond donors (Lipinski definition) is 2. The molecule has 0 aliphatic carbocycles. The zero-order valence-corrected chi connectivity index (χ0v) is 15.1. The number of carbonyl (C=O) groups excluding carboxylic acids is 2. The third kappa shape index (κ3) is 4.70. The van der Waals surface area contributed by atoms with E-state index < -0.39 is 5.97 Å². The molecule has 0 aliphatic heterocycles. The zero-order chi connectivity index (χ0) is 19.9. The highest BCUT2D eigenvalue weighted by Crippen LogP contribution is 2.16. The van der Waals surface area contributed by atoms with E-state index in [1.807, 2.05) is 0 Å². The summed E-state index contributed by atoms with van der Waals surface area (Å²) in [5, 5.41) is 5.74. The molecule has 2 N–H and O–H groups in total. The normalized spacial score (nSPS) is 10.2. The molecule has 2 aromatic carbocycles. The fraction of sp³-hybridized carbons (Fsp3) is 0.0952. The van der Waals surface area contributed by atoms with Crippen molar-refractivity contribution < 1.29 is 18.7 Å². The first kappa shape index (κ1) is 19.0. The standard InChI is InChI=1S/C21H18FN3O3/c1-28-21(27)14-6-9-17(10-7-14)25-19-11-8-16(13-23-19)20(26)24-12-15-4-2-3-5-18(15)22/h2-11,13H,12H2,1H3,(H,23,25)(H,24,26). The fourth-order valence-electron chi connectivity index (χ4n) is 2.48. The number of carbonyl (C=O) groups is 2. The van der Waals surface area contributed by atoms with Crippen LogP contribution in [0.25, 0.3) is 0 Å². The lowest BCUT2D eigenvalue weighted by Gasteiger charge is -2.08. The number of halogens is 1. The van der Waals surface area contributed by atoms with E-state index in [4.69, 9.17) is 0 Å². The van der Waals surface area contributed by atoms with Crippen LogP contribution in [0.4, 0.5) is 15.9 Å². The molecule has 142 valence electrons. The summed E-state index contributed by atoms with van der Waals surface area (Å²) in [7, 11) is 1.33. The van der Waals surface area contributed by atoms with Gasteiger partial charge in [0, 0.05) is 24.0 Å². The van der Waals surface area contributed by atoms with Gasteiger partial charge in [0.25, 0.3) is 5.91 Å². The highest BCUT2D eigenvalue weighted by Gasteiger charge is 2.08. The molecule has 0 unspecified atom stereocenters. The monoisotopic (exact) mass is 379 g/mol. The van der Waals surface area contributed by atoms with Gasteiger partial charge in [-0.15, -0.1) is 0 Å². The summed E-state index contributed by atoms with van der Waals surface area (Å²) >= 11 is 0. The average molecular weight is 379 g/mol. The fourth-order valence-corrected chi connectivity index (χ4v) is 2.48. The van der Waals surface area contributed by atoms with Gasteiger partial charge in [0.1, 0.15) is 11.6 Å². The van der Waals surface area contributed by atoms with Crippen LogP contribution in [0.2, 0.25) is 0 Å². The largest absolute Gasteiger partial charge is 0.465 e. The summed E-state index contributed by atoms with van der Waals surface area (Å²) in [5.74, 6) is -0.574. The van der Waals surface area contributed by atoms with Gasteiger partial charge in [0.2, 0.25) is 0 Å². The number of nitrogens with zero attached hydrogens (tertiary/aromatic N) is 1. The number of esters is 1. The van der Waals surface area contributed by atoms with Crippen molar-refractivity contribution in [3.63, 3.8) is 0 Å². The lowest BCUT2D eigenvalue weighted by Crippen LogP contribution is -2.23. The lowest BCUT2D eigenvalue weighted by atomic mass is 10.2. The number of aromatic nitrogens is 1. The van der Waals surface area contributed by atoms with Crippen molar-refractivity contribution in [2.75, 3.05) is 12.4 Å². The van der Waals surface area contributed by atoms with Crippen LogP contribution in [0.5, 0.6) is 0 Å². The Morgan fingerprint density at radius 1 is 1.00 bits per heavy atom. The van der Waals surface area contributed by atoms with Gasteiger partial charge in [-0.3, -0.25) is 4.79 Å². The Labute approximate surface area is 161 Å². The van der Waals surface area contributed by atoms with E-state index in [2.05, 4.69) is 20.4 Å². The smallest absolute Gasteiger partial charge is 0.337 e. The molecule has 3 rings (SSSR count). The van der Waals surface area contributed by atoms with Crippen molar-refractivity contribution in [3.8, 4) is 0 Å². The maximum atomic E-state index is 13.6. The van der Waals surface area contributed by atoms with E-state index in [9.17, 15) is 14.0 Å². The summed E-state index contributed by atoms with van der Waals surface area (Å²) in [6.45, 7) is 0.0953. The van der Waals surface area contributed by atoms with E-state index in [1.54, 1.807) is 54.6 Å². The van der Waals surface area contributed by atoms with Gasteiger partial charge in [0.05, 0.1) is 18.2 Å². The lowest BCUT2D eigenvalue weighted by molar-refractivity contribution is 0.0600. The van der Waals surface area contributed by atoms with E-state index in [-0.39, 0.29) is 18.3 Å². The zero-order valence-electron chi connectivity index (χ0n) is 15.1. The van der Waals surface area contributed by atoms with E-state index in [0.717, 1.165) is 5.69 Å². The van der Waals surface area contributed by atoms with Crippen LogP contribution < -0.4 is 10.6 Å². The van der Waals surface area contributed by atoms with E-state index in [0.29, 0.717) is 22.5 Å². The number of pyridine rings is 1. The Hall–Kier alpha value is -3.74. The van der Waals surface area contributed by atoms with Crippen molar-refractivity contribution in [2.24, 2.45) is 0 Å². The molecule has 7 heteroatoms. The number of anilines is 2. The maximum Gasteiger partial charge on any atom is 0.337 e. The minimum absolute atomic E-state index is 0.0953. The van der Waals surface area contributed by atoms with Gasteiger partial charge in [-0.25, -0.2) is 14.2 Å². The number of nitrogens with one attached hydrogen (secondary N) is 2. The van der Waals surface area contributed by atoms with Crippen LogP contribution in [0.15, 0.2) is 66.9 Å². The van der Waals surface area contributed by atoms with Gasteiger partial charge in [-0.1, -0.05) is 18.2 Å². The van der Waals surface area contributed by atoms with Gasteiger partial charge in [0.15, 0.2) is 0 Å². The third-order valence-electron chi connectivity index (χ3n) is 4.00. The highest BCUT2D eigenvalue weighted by molar-refractivity contribution is 5.94. The second kappa shape index (κ2) is 8.77. The Kier molecular flexibility index (Phi) is 5.96. The summed E-state index contributed by atoms with van der Waals surface area (Å²) < 4.78 is 18.2. The number of rotatable bonds is 6. The SMILES string of the molecule is COC(=O)c1ccc(Nc2ccc(C(=O)NCc3ccccc3F)cn2)cc1. The minimum atomic E-state index is -0.407. The van der Waals surface area contributed by atoms with Crippen molar-refractivity contribution >= 4 is 23.4 Å². The number of methoxy groups -OCH3 is 1. The molecule has 0 spiro atoms. The average Bonchev–Trinajstić information content (AvgIpc) is 2.73. The van der Waals surface area contributed by atoms with Gasteiger partial charge in [-0.2, -0.15) is 0 Å². The minimum Gasteiger partial charge on any atom is -0.465 e. The first-order chi connectivity index (χ1) is 13.6. The number of hydrogen-bond acceptors (Lipinski definition) is 5. The first-order valence-corrected chi connectivity index (χ1v) is 8.50. The van der Waals surface area contributed by atoms with Crippen LogP contribution in [-0.4, -0.2) is 24.0 Å². The number of amides is 1. The van der Waals surface area contributed by atoms with Gasteiger partial charge < -0.3 is 15.4 Å². The van der Waals surface area contributed by atoms with E-state index >= 15 is 0 Å². The first-order valence-electron chi connectivity index (χ1n) is 8.50. The van der Waals surface area contributed by atoms with Gasteiger partial charge >= 0.3 is 5.97 Å². The van der Waals surface area contributed by atoms with E-state index in [1.165, 1.54) is 19.4 Å². The predicted octanol–water partition coefficient (Wildman–Crippen LogP) is 3.68. The molecule has 1 amide bonds. The molecule has 1 aromatic heterocycles. The molecule has 0 radical (unpaired) electrons. The maximum absolute atomic E-state index is 13.6. The Morgan fingerprint density at radius 3 is 2.36 bits per heavy atom. The predicted molar refractivity (Wildman–Crippen MR) is 103 cm³/mol.